The first-order valence-electron chi connectivity index (χ1n) is 4.48. The van der Waals surface area contributed by atoms with Gasteiger partial charge >= 0.3 is 0 Å². The second-order valence-electron chi connectivity index (χ2n) is 3.03. The Labute approximate surface area is 80.4 Å². The fourth-order valence-corrected chi connectivity index (χ4v) is 1.76. The smallest absolute Gasteiger partial charge is 0.132 e. The molecule has 0 aromatic rings. The molecule has 0 atom stereocenters. The van der Waals surface area contributed by atoms with Gasteiger partial charge in [-0.15, -0.1) is 0 Å². The average Bonchev–Trinajstić information content (AvgIpc) is 1.94. The first-order chi connectivity index (χ1) is 5.56. The van der Waals surface area contributed by atoms with Gasteiger partial charge in [-0.2, -0.15) is 0 Å². The van der Waals surface area contributed by atoms with Crippen molar-refractivity contribution < 1.29 is 0 Å². The van der Waals surface area contributed by atoms with Gasteiger partial charge in [0.15, 0.2) is 0 Å². The average molecular weight is 209 g/mol. The highest BCUT2D eigenvalue weighted by molar-refractivity contribution is 8.11. The first kappa shape index (κ1) is 12.5. The lowest BCUT2D eigenvalue weighted by Crippen LogP contribution is -2.22. The van der Waals surface area contributed by atoms with Gasteiger partial charge in [0.05, 0.1) is 0 Å². The lowest BCUT2D eigenvalue weighted by Gasteiger charge is -2.11. The minimum Gasteiger partial charge on any atom is -0.280 e. The maximum Gasteiger partial charge on any atom is 0.132 e. The van der Waals surface area contributed by atoms with E-state index in [1.54, 1.807) is 0 Å². The van der Waals surface area contributed by atoms with Crippen molar-refractivity contribution in [1.82, 2.24) is 5.09 Å². The van der Waals surface area contributed by atoms with Gasteiger partial charge in [-0.05, 0) is 18.2 Å². The summed E-state index contributed by atoms with van der Waals surface area (Å²) in [5.41, 5.74) is 10.9. The molecule has 0 saturated carbocycles. The largest absolute Gasteiger partial charge is 0.280 e. The summed E-state index contributed by atoms with van der Waals surface area (Å²) in [7, 11) is 0. The Kier molecular flexibility index (Phi) is 7.29. The second kappa shape index (κ2) is 6.98. The fraction of sp³-hybridized carbons (Fsp3) is 1.00. The van der Waals surface area contributed by atoms with Gasteiger partial charge in [-0.25, -0.2) is 0 Å². The summed E-state index contributed by atoms with van der Waals surface area (Å²) in [6.45, 7) is 0.937. The maximum absolute atomic E-state index is 5.47. The summed E-state index contributed by atoms with van der Waals surface area (Å²) in [6, 6.07) is 0. The molecule has 0 aliphatic carbocycles. The van der Waals surface area contributed by atoms with E-state index in [2.05, 4.69) is 12.0 Å². The van der Waals surface area contributed by atoms with Crippen LogP contribution in [0.5, 0.6) is 0 Å². The van der Waals surface area contributed by atoms with Gasteiger partial charge in [0.1, 0.15) is 6.49 Å². The van der Waals surface area contributed by atoms with Crippen LogP contribution in [-0.2, 0) is 11.8 Å². The van der Waals surface area contributed by atoms with E-state index in [0.717, 1.165) is 13.0 Å². The number of hydrogen-bond acceptors (Lipinski definition) is 1. The van der Waals surface area contributed by atoms with E-state index in [4.69, 9.17) is 22.8 Å². The van der Waals surface area contributed by atoms with Crippen LogP contribution >= 0.6 is 6.49 Å². The number of nitrogens with two attached hydrogens (primary N) is 2. The lowest BCUT2D eigenvalue weighted by atomic mass is 10.2. The topological polar surface area (TPSA) is 64.1 Å². The zero-order chi connectivity index (χ0) is 9.45. The SMILES string of the molecule is CCCCCCCNP(N)(N)=S. The molecule has 0 spiro atoms. The summed E-state index contributed by atoms with van der Waals surface area (Å²) in [4.78, 5) is 0. The summed E-state index contributed by atoms with van der Waals surface area (Å²) >= 11 is 4.84. The van der Waals surface area contributed by atoms with Crippen molar-refractivity contribution in [3.63, 3.8) is 0 Å². The quantitative estimate of drug-likeness (QED) is 0.441. The molecule has 74 valence electrons. The number of rotatable bonds is 7. The van der Waals surface area contributed by atoms with E-state index in [1.807, 2.05) is 0 Å². The van der Waals surface area contributed by atoms with E-state index in [0.29, 0.717) is 0 Å². The van der Waals surface area contributed by atoms with Crippen molar-refractivity contribution >= 4 is 18.3 Å². The molecule has 0 radical (unpaired) electrons. The maximum atomic E-state index is 5.47. The molecule has 0 aromatic heterocycles. The summed E-state index contributed by atoms with van der Waals surface area (Å²) in [6.07, 6.45) is 6.28. The van der Waals surface area contributed by atoms with Crippen LogP contribution in [0, 0.1) is 0 Å². The molecular formula is C7H20N3PS. The van der Waals surface area contributed by atoms with Crippen LogP contribution in [0.15, 0.2) is 0 Å². The predicted molar refractivity (Wildman–Crippen MR) is 59.4 cm³/mol. The molecule has 0 fully saturated rings. The standard InChI is InChI=1S/C7H20N3PS/c1-2-3-4-5-6-7-10-11(8,9)12/h2-7H2,1H3,(H5,8,9,10,12). The molecule has 0 aromatic carbocycles. The Morgan fingerprint density at radius 3 is 2.25 bits per heavy atom. The van der Waals surface area contributed by atoms with Gasteiger partial charge in [0.25, 0.3) is 0 Å². The third-order valence-electron chi connectivity index (χ3n) is 1.64. The number of unbranched alkanes of at least 4 members (excludes halogenated alkanes) is 4. The molecule has 0 saturated heterocycles. The molecule has 0 heterocycles. The molecule has 5 heteroatoms. The van der Waals surface area contributed by atoms with Crippen molar-refractivity contribution in [2.75, 3.05) is 6.54 Å². The van der Waals surface area contributed by atoms with Crippen molar-refractivity contribution in [1.29, 1.82) is 0 Å². The van der Waals surface area contributed by atoms with Gasteiger partial charge in [0, 0.05) is 6.54 Å². The Morgan fingerprint density at radius 2 is 1.75 bits per heavy atom. The Hall–Kier alpha value is 0.530. The van der Waals surface area contributed by atoms with E-state index < -0.39 is 6.49 Å². The van der Waals surface area contributed by atoms with Crippen molar-refractivity contribution in [2.45, 2.75) is 39.0 Å². The Morgan fingerprint density at radius 1 is 1.17 bits per heavy atom. The molecule has 12 heavy (non-hydrogen) atoms. The Bertz CT molecular complexity index is 146. The summed E-state index contributed by atoms with van der Waals surface area (Å²) < 4.78 is 0. The van der Waals surface area contributed by atoms with Crippen molar-refractivity contribution in [2.24, 2.45) is 11.0 Å². The molecule has 0 aliphatic rings. The molecule has 0 bridgehead atoms. The zero-order valence-corrected chi connectivity index (χ0v) is 9.46. The molecule has 0 aliphatic heterocycles. The van der Waals surface area contributed by atoms with E-state index in [-0.39, 0.29) is 0 Å². The fourth-order valence-electron chi connectivity index (χ4n) is 0.982. The number of hydrogen-bond donors (Lipinski definition) is 3. The minimum absolute atomic E-state index is 0.869. The van der Waals surface area contributed by atoms with E-state index >= 15 is 0 Å². The first-order valence-corrected chi connectivity index (χ1v) is 7.42. The van der Waals surface area contributed by atoms with Crippen molar-refractivity contribution in [3.8, 4) is 0 Å². The minimum atomic E-state index is -2.14. The highest BCUT2D eigenvalue weighted by atomic mass is 32.4. The monoisotopic (exact) mass is 209 g/mol. The van der Waals surface area contributed by atoms with Crippen LogP contribution < -0.4 is 16.1 Å². The van der Waals surface area contributed by atoms with E-state index in [9.17, 15) is 0 Å². The highest BCUT2D eigenvalue weighted by Gasteiger charge is 1.99. The van der Waals surface area contributed by atoms with Crippen LogP contribution in [0.25, 0.3) is 0 Å². The van der Waals surface area contributed by atoms with Crippen LogP contribution in [0.3, 0.4) is 0 Å². The molecule has 3 nitrogen and oxygen atoms in total. The normalized spacial score (nSPS) is 11.9. The van der Waals surface area contributed by atoms with Gasteiger partial charge in [-0.1, -0.05) is 32.6 Å². The molecule has 0 amide bonds. The summed E-state index contributed by atoms with van der Waals surface area (Å²) in [5, 5.41) is 2.98. The molecule has 0 rings (SSSR count). The third-order valence-corrected chi connectivity index (χ3v) is 2.74. The third kappa shape index (κ3) is 10.5. The zero-order valence-electron chi connectivity index (χ0n) is 7.75. The number of nitrogens with one attached hydrogen (secondary N) is 1. The van der Waals surface area contributed by atoms with Crippen LogP contribution in [0.4, 0.5) is 0 Å². The molecule has 0 unspecified atom stereocenters. The highest BCUT2D eigenvalue weighted by Crippen LogP contribution is 2.17. The van der Waals surface area contributed by atoms with Crippen LogP contribution in [0.2, 0.25) is 0 Å². The summed E-state index contributed by atoms with van der Waals surface area (Å²) in [5.74, 6) is 0. The predicted octanol–water partition coefficient (Wildman–Crippen LogP) is 1.69. The van der Waals surface area contributed by atoms with Crippen LogP contribution in [-0.4, -0.2) is 6.54 Å². The second-order valence-corrected chi connectivity index (χ2v) is 6.58. The van der Waals surface area contributed by atoms with Gasteiger partial charge < -0.3 is 0 Å². The molecule has 5 N–H and O–H groups in total. The van der Waals surface area contributed by atoms with Crippen molar-refractivity contribution in [3.05, 3.63) is 0 Å². The van der Waals surface area contributed by atoms with E-state index in [1.165, 1.54) is 25.7 Å². The Balaban J connectivity index is 3.06. The van der Waals surface area contributed by atoms with Gasteiger partial charge in [-0.3, -0.25) is 16.1 Å². The molecular weight excluding hydrogens is 189 g/mol. The van der Waals surface area contributed by atoms with Gasteiger partial charge in [0.2, 0.25) is 0 Å². The van der Waals surface area contributed by atoms with Crippen LogP contribution in [0.1, 0.15) is 39.0 Å². The lowest BCUT2D eigenvalue weighted by molar-refractivity contribution is 0.628.